The van der Waals surface area contributed by atoms with Crippen LogP contribution in [-0.4, -0.2) is 5.91 Å². The third-order valence-corrected chi connectivity index (χ3v) is 5.32. The number of benzene rings is 3. The van der Waals surface area contributed by atoms with Gasteiger partial charge in [-0.25, -0.2) is 0 Å². The molecule has 0 aliphatic carbocycles. The van der Waals surface area contributed by atoms with E-state index in [2.05, 4.69) is 21.2 Å². The lowest BCUT2D eigenvalue weighted by molar-refractivity contribution is 0.0938. The number of fused-ring (bicyclic) bond motifs is 2. The first-order valence-electron chi connectivity index (χ1n) is 9.00. The van der Waals surface area contributed by atoms with Crippen LogP contribution in [-0.2, 0) is 0 Å². The Morgan fingerprint density at radius 3 is 2.52 bits per heavy atom. The fourth-order valence-electron chi connectivity index (χ4n) is 3.51. The minimum absolute atomic E-state index is 0.0594. The van der Waals surface area contributed by atoms with Crippen LogP contribution in [0, 0.1) is 0 Å². The van der Waals surface area contributed by atoms with Crippen molar-refractivity contribution >= 4 is 32.8 Å². The van der Waals surface area contributed by atoms with Gasteiger partial charge >= 0.3 is 0 Å². The molecule has 0 spiro atoms. The molecule has 1 aliphatic rings. The van der Waals surface area contributed by atoms with Crippen molar-refractivity contribution in [3.63, 3.8) is 0 Å². The molecule has 3 aromatic carbocycles. The lowest BCUT2D eigenvalue weighted by Crippen LogP contribution is -2.21. The SMILES string of the molecule is O=C1NC(c2cccc(Oc3ccccc3)c2)c2c1oc1ccc(Br)cc1c2=O. The third-order valence-electron chi connectivity index (χ3n) is 4.83. The number of amides is 1. The van der Waals surface area contributed by atoms with E-state index in [1.54, 1.807) is 18.2 Å². The fraction of sp³-hybridized carbons (Fsp3) is 0.0435. The average molecular weight is 448 g/mol. The van der Waals surface area contributed by atoms with Crippen LogP contribution in [0.15, 0.2) is 86.5 Å². The van der Waals surface area contributed by atoms with Crippen LogP contribution in [0.2, 0.25) is 0 Å². The summed E-state index contributed by atoms with van der Waals surface area (Å²) in [5.41, 5.74) is 1.22. The van der Waals surface area contributed by atoms with Crippen LogP contribution < -0.4 is 15.5 Å². The van der Waals surface area contributed by atoms with Crippen molar-refractivity contribution in [3.05, 3.63) is 104 Å². The Morgan fingerprint density at radius 1 is 0.897 bits per heavy atom. The summed E-state index contributed by atoms with van der Waals surface area (Å²) in [6.07, 6.45) is 0. The molecule has 1 atom stereocenters. The number of carbonyl (C=O) groups excluding carboxylic acids is 1. The van der Waals surface area contributed by atoms with E-state index in [9.17, 15) is 9.59 Å². The quantitative estimate of drug-likeness (QED) is 0.469. The second-order valence-corrected chi connectivity index (χ2v) is 7.62. The van der Waals surface area contributed by atoms with Crippen LogP contribution in [0.5, 0.6) is 11.5 Å². The molecule has 0 bridgehead atoms. The van der Waals surface area contributed by atoms with Crippen molar-refractivity contribution in [1.82, 2.24) is 5.32 Å². The molecule has 142 valence electrons. The number of hydrogen-bond acceptors (Lipinski definition) is 4. The van der Waals surface area contributed by atoms with Gasteiger partial charge in [0.1, 0.15) is 17.1 Å². The summed E-state index contributed by atoms with van der Waals surface area (Å²) < 4.78 is 12.4. The van der Waals surface area contributed by atoms with Crippen molar-refractivity contribution in [2.24, 2.45) is 0 Å². The summed E-state index contributed by atoms with van der Waals surface area (Å²) >= 11 is 3.38. The highest BCUT2D eigenvalue weighted by atomic mass is 79.9. The van der Waals surface area contributed by atoms with E-state index in [4.69, 9.17) is 9.15 Å². The van der Waals surface area contributed by atoms with Gasteiger partial charge in [-0.1, -0.05) is 46.3 Å². The molecule has 5 rings (SSSR count). The van der Waals surface area contributed by atoms with E-state index >= 15 is 0 Å². The van der Waals surface area contributed by atoms with Crippen molar-refractivity contribution < 1.29 is 13.9 Å². The van der Waals surface area contributed by atoms with Gasteiger partial charge in [-0.3, -0.25) is 9.59 Å². The number of nitrogens with one attached hydrogen (secondary N) is 1. The predicted molar refractivity (Wildman–Crippen MR) is 112 cm³/mol. The summed E-state index contributed by atoms with van der Waals surface area (Å²) in [5.74, 6) is 0.977. The van der Waals surface area contributed by atoms with Crippen LogP contribution in [0.4, 0.5) is 0 Å². The van der Waals surface area contributed by atoms with Gasteiger partial charge < -0.3 is 14.5 Å². The number of para-hydroxylation sites is 1. The van der Waals surface area contributed by atoms with Crippen molar-refractivity contribution in [2.45, 2.75) is 6.04 Å². The first-order valence-corrected chi connectivity index (χ1v) is 9.79. The summed E-state index contributed by atoms with van der Waals surface area (Å²) in [6, 6.07) is 21.3. The minimum Gasteiger partial charge on any atom is -0.457 e. The molecule has 6 heteroatoms. The number of halogens is 1. The standard InChI is InChI=1S/C23H14BrNO4/c24-14-9-10-18-17(12-14)21(26)19-20(25-23(27)22(19)29-18)13-5-4-8-16(11-13)28-15-6-2-1-3-7-15/h1-12,20H,(H,25,27). The second-order valence-electron chi connectivity index (χ2n) is 6.71. The topological polar surface area (TPSA) is 68.5 Å². The molecule has 1 aliphatic heterocycles. The van der Waals surface area contributed by atoms with Crippen LogP contribution in [0.1, 0.15) is 27.7 Å². The van der Waals surface area contributed by atoms with Gasteiger partial charge in [0.25, 0.3) is 5.91 Å². The predicted octanol–water partition coefficient (Wildman–Crippen LogP) is 5.18. The Bertz CT molecular complexity index is 1310. The van der Waals surface area contributed by atoms with Gasteiger partial charge in [0.05, 0.1) is 17.0 Å². The molecule has 2 heterocycles. The monoisotopic (exact) mass is 447 g/mol. The molecule has 4 aromatic rings. The van der Waals surface area contributed by atoms with Gasteiger partial charge in [-0.15, -0.1) is 0 Å². The maximum absolute atomic E-state index is 13.2. The molecule has 1 unspecified atom stereocenters. The summed E-state index contributed by atoms with van der Waals surface area (Å²) in [5, 5.41) is 3.28. The highest BCUT2D eigenvalue weighted by Gasteiger charge is 2.36. The first-order chi connectivity index (χ1) is 14.1. The van der Waals surface area contributed by atoms with Gasteiger partial charge in [0.2, 0.25) is 5.76 Å². The smallest absolute Gasteiger partial charge is 0.288 e. The van der Waals surface area contributed by atoms with Gasteiger partial charge in [-0.2, -0.15) is 0 Å². The zero-order valence-electron chi connectivity index (χ0n) is 15.0. The normalized spacial score (nSPS) is 15.2. The zero-order chi connectivity index (χ0) is 20.0. The minimum atomic E-state index is -0.601. The molecule has 0 fully saturated rings. The Hall–Kier alpha value is -3.38. The van der Waals surface area contributed by atoms with Crippen molar-refractivity contribution in [2.75, 3.05) is 0 Å². The Morgan fingerprint density at radius 2 is 1.69 bits per heavy atom. The molecule has 1 aromatic heterocycles. The zero-order valence-corrected chi connectivity index (χ0v) is 16.6. The molecule has 0 saturated heterocycles. The molecule has 5 nitrogen and oxygen atoms in total. The second kappa shape index (κ2) is 6.90. The van der Waals surface area contributed by atoms with Crippen LogP contribution in [0.3, 0.4) is 0 Å². The number of rotatable bonds is 3. The molecule has 1 N–H and O–H groups in total. The fourth-order valence-corrected chi connectivity index (χ4v) is 3.87. The summed E-state index contributed by atoms with van der Waals surface area (Å²) in [6.45, 7) is 0. The van der Waals surface area contributed by atoms with E-state index in [1.807, 2.05) is 54.6 Å². The maximum atomic E-state index is 13.2. The van der Waals surface area contributed by atoms with E-state index in [0.717, 1.165) is 10.0 Å². The summed E-state index contributed by atoms with van der Waals surface area (Å²) in [7, 11) is 0. The van der Waals surface area contributed by atoms with Gasteiger partial charge in [-0.05, 0) is 48.0 Å². The third kappa shape index (κ3) is 3.11. The number of carbonyl (C=O) groups is 1. The van der Waals surface area contributed by atoms with Gasteiger partial charge in [0.15, 0.2) is 5.43 Å². The average Bonchev–Trinajstić information content (AvgIpc) is 3.06. The Balaban J connectivity index is 1.60. The molecule has 0 saturated carbocycles. The van der Waals surface area contributed by atoms with E-state index in [-0.39, 0.29) is 11.2 Å². The van der Waals surface area contributed by atoms with Crippen LogP contribution in [0.25, 0.3) is 11.0 Å². The lowest BCUT2D eigenvalue weighted by atomic mass is 9.99. The first kappa shape index (κ1) is 17.7. The van der Waals surface area contributed by atoms with Crippen molar-refractivity contribution in [1.29, 1.82) is 0 Å². The lowest BCUT2D eigenvalue weighted by Gasteiger charge is -2.13. The Kier molecular flexibility index (Phi) is 4.21. The van der Waals surface area contributed by atoms with Gasteiger partial charge in [0, 0.05) is 4.47 Å². The van der Waals surface area contributed by atoms with Crippen molar-refractivity contribution in [3.8, 4) is 11.5 Å². The van der Waals surface area contributed by atoms with Crippen LogP contribution >= 0.6 is 15.9 Å². The number of hydrogen-bond donors (Lipinski definition) is 1. The van der Waals surface area contributed by atoms with E-state index in [0.29, 0.717) is 28.0 Å². The molecular weight excluding hydrogens is 434 g/mol. The summed E-state index contributed by atoms with van der Waals surface area (Å²) in [4.78, 5) is 25.7. The number of ether oxygens (including phenoxy) is 1. The molecule has 29 heavy (non-hydrogen) atoms. The molecular formula is C23H14BrNO4. The molecule has 1 amide bonds. The maximum Gasteiger partial charge on any atom is 0.288 e. The highest BCUT2D eigenvalue weighted by molar-refractivity contribution is 9.10. The Labute approximate surface area is 174 Å². The van der Waals surface area contributed by atoms with E-state index in [1.165, 1.54) is 0 Å². The highest BCUT2D eigenvalue weighted by Crippen LogP contribution is 2.33. The molecule has 0 radical (unpaired) electrons. The largest absolute Gasteiger partial charge is 0.457 e. The van der Waals surface area contributed by atoms with E-state index < -0.39 is 11.9 Å².